The molecule has 2 aliphatic rings. The molecule has 1 fully saturated rings. The van der Waals surface area contributed by atoms with Gasteiger partial charge in [0.05, 0.1) is 5.54 Å². The lowest BCUT2D eigenvalue weighted by atomic mass is 10.0. The van der Waals surface area contributed by atoms with E-state index >= 15 is 0 Å². The van der Waals surface area contributed by atoms with Crippen molar-refractivity contribution in [2.24, 2.45) is 0 Å². The fraction of sp³-hybridized carbons (Fsp3) is 0.364. The Bertz CT molecular complexity index is 437. The lowest BCUT2D eigenvalue weighted by Crippen LogP contribution is -2.28. The molecular formula is C11H10BrNO. The summed E-state index contributed by atoms with van der Waals surface area (Å²) in [5.74, 6) is 0.171. The summed E-state index contributed by atoms with van der Waals surface area (Å²) in [5, 5.41) is 0. The molecule has 0 aromatic heterocycles. The second kappa shape index (κ2) is 2.40. The third-order valence-corrected chi connectivity index (χ3v) is 3.88. The first-order chi connectivity index (χ1) is 6.65. The fourth-order valence-corrected chi connectivity index (χ4v) is 2.73. The average molecular weight is 252 g/mol. The molecule has 1 amide bonds. The van der Waals surface area contributed by atoms with E-state index in [1.807, 2.05) is 24.1 Å². The quantitative estimate of drug-likeness (QED) is 0.694. The molecule has 0 atom stereocenters. The van der Waals surface area contributed by atoms with E-state index in [4.69, 9.17) is 0 Å². The third-order valence-electron chi connectivity index (χ3n) is 3.38. The monoisotopic (exact) mass is 251 g/mol. The zero-order chi connectivity index (χ0) is 9.92. The highest BCUT2D eigenvalue weighted by Crippen LogP contribution is 2.55. The van der Waals surface area contributed by atoms with Crippen LogP contribution in [0.25, 0.3) is 0 Å². The van der Waals surface area contributed by atoms with Crippen LogP contribution in [0.4, 0.5) is 0 Å². The zero-order valence-electron chi connectivity index (χ0n) is 7.88. The number of hydrogen-bond donors (Lipinski definition) is 0. The molecule has 1 aromatic carbocycles. The van der Waals surface area contributed by atoms with Crippen molar-refractivity contribution in [1.29, 1.82) is 0 Å². The van der Waals surface area contributed by atoms with E-state index in [0.29, 0.717) is 0 Å². The topological polar surface area (TPSA) is 20.3 Å². The normalized spacial score (nSPS) is 21.6. The van der Waals surface area contributed by atoms with Gasteiger partial charge in [0.15, 0.2) is 0 Å². The van der Waals surface area contributed by atoms with E-state index in [-0.39, 0.29) is 11.4 Å². The van der Waals surface area contributed by atoms with Gasteiger partial charge in [-0.15, -0.1) is 0 Å². The zero-order valence-corrected chi connectivity index (χ0v) is 9.47. The number of carbonyl (C=O) groups is 1. The number of amides is 1. The highest BCUT2D eigenvalue weighted by molar-refractivity contribution is 9.10. The summed E-state index contributed by atoms with van der Waals surface area (Å²) in [6, 6.07) is 5.95. The molecule has 1 aliphatic carbocycles. The van der Waals surface area contributed by atoms with Crippen LogP contribution in [-0.4, -0.2) is 17.9 Å². The van der Waals surface area contributed by atoms with Crippen LogP contribution in [0.2, 0.25) is 0 Å². The first-order valence-corrected chi connectivity index (χ1v) is 5.53. The minimum absolute atomic E-state index is 0.0518. The van der Waals surface area contributed by atoms with Crippen molar-refractivity contribution < 1.29 is 4.79 Å². The van der Waals surface area contributed by atoms with Gasteiger partial charge in [-0.05, 0) is 36.6 Å². The standard InChI is InChI=1S/C11H10BrNO/c1-13-10(14)8-3-2-7(12)6-9(8)11(13)4-5-11/h2-3,6H,4-5H2,1H3. The first-order valence-electron chi connectivity index (χ1n) is 4.73. The van der Waals surface area contributed by atoms with Gasteiger partial charge >= 0.3 is 0 Å². The SMILES string of the molecule is CN1C(=O)c2ccc(Br)cc2C12CC2. The molecule has 1 aliphatic heterocycles. The first kappa shape index (κ1) is 8.48. The largest absolute Gasteiger partial charge is 0.332 e. The molecule has 0 bridgehead atoms. The molecular weight excluding hydrogens is 242 g/mol. The van der Waals surface area contributed by atoms with Gasteiger partial charge in [-0.25, -0.2) is 0 Å². The Morgan fingerprint density at radius 3 is 2.79 bits per heavy atom. The molecule has 1 saturated carbocycles. The van der Waals surface area contributed by atoms with Crippen LogP contribution in [0.3, 0.4) is 0 Å². The highest BCUT2D eigenvalue weighted by atomic mass is 79.9. The Morgan fingerprint density at radius 2 is 2.14 bits per heavy atom. The predicted molar refractivity (Wildman–Crippen MR) is 57.1 cm³/mol. The lowest BCUT2D eigenvalue weighted by molar-refractivity contribution is 0.0755. The maximum Gasteiger partial charge on any atom is 0.254 e. The fourth-order valence-electron chi connectivity index (χ4n) is 2.37. The molecule has 14 heavy (non-hydrogen) atoms. The summed E-state index contributed by atoms with van der Waals surface area (Å²) < 4.78 is 1.06. The molecule has 0 saturated heterocycles. The van der Waals surface area contributed by atoms with Crippen LogP contribution >= 0.6 is 15.9 Å². The molecule has 72 valence electrons. The molecule has 0 radical (unpaired) electrons. The van der Waals surface area contributed by atoms with E-state index in [1.54, 1.807) is 0 Å². The summed E-state index contributed by atoms with van der Waals surface area (Å²) in [6.07, 6.45) is 2.22. The van der Waals surface area contributed by atoms with Gasteiger partial charge in [0.2, 0.25) is 0 Å². The summed E-state index contributed by atoms with van der Waals surface area (Å²) >= 11 is 3.45. The molecule has 1 aromatic rings. The van der Waals surface area contributed by atoms with Gasteiger partial charge < -0.3 is 4.90 Å². The van der Waals surface area contributed by atoms with E-state index in [0.717, 1.165) is 22.9 Å². The second-order valence-corrected chi connectivity index (χ2v) is 5.00. The van der Waals surface area contributed by atoms with E-state index in [1.165, 1.54) is 5.56 Å². The van der Waals surface area contributed by atoms with Crippen LogP contribution < -0.4 is 0 Å². The van der Waals surface area contributed by atoms with Crippen LogP contribution in [0.5, 0.6) is 0 Å². The average Bonchev–Trinajstić information content (AvgIpc) is 2.93. The number of nitrogens with zero attached hydrogens (tertiary/aromatic N) is 1. The summed E-state index contributed by atoms with van der Waals surface area (Å²) in [7, 11) is 1.91. The van der Waals surface area contributed by atoms with E-state index < -0.39 is 0 Å². The van der Waals surface area contributed by atoms with Crippen molar-refractivity contribution in [3.8, 4) is 0 Å². The molecule has 3 rings (SSSR count). The molecule has 1 heterocycles. The molecule has 0 unspecified atom stereocenters. The van der Waals surface area contributed by atoms with Crippen LogP contribution in [-0.2, 0) is 5.54 Å². The van der Waals surface area contributed by atoms with Crippen LogP contribution in [0.15, 0.2) is 22.7 Å². The number of hydrogen-bond acceptors (Lipinski definition) is 1. The number of fused-ring (bicyclic) bond motifs is 2. The van der Waals surface area contributed by atoms with Gasteiger partial charge in [-0.3, -0.25) is 4.79 Å². The minimum atomic E-state index is 0.0518. The summed E-state index contributed by atoms with van der Waals surface area (Å²) in [6.45, 7) is 0. The lowest BCUT2D eigenvalue weighted by Gasteiger charge is -2.19. The van der Waals surface area contributed by atoms with Gasteiger partial charge in [-0.1, -0.05) is 15.9 Å². The van der Waals surface area contributed by atoms with Gasteiger partial charge in [0.1, 0.15) is 0 Å². The van der Waals surface area contributed by atoms with Crippen LogP contribution in [0.1, 0.15) is 28.8 Å². The Kier molecular flexibility index (Phi) is 1.45. The summed E-state index contributed by atoms with van der Waals surface area (Å²) in [5.41, 5.74) is 2.14. The van der Waals surface area contributed by atoms with Crippen molar-refractivity contribution in [2.45, 2.75) is 18.4 Å². The maximum absolute atomic E-state index is 11.9. The molecule has 0 N–H and O–H groups in total. The predicted octanol–water partition coefficient (Wildman–Crippen LogP) is 2.52. The maximum atomic E-state index is 11.9. The van der Waals surface area contributed by atoms with Crippen molar-refractivity contribution in [2.75, 3.05) is 7.05 Å². The third kappa shape index (κ3) is 0.836. The molecule has 1 spiro atoms. The van der Waals surface area contributed by atoms with E-state index in [9.17, 15) is 4.79 Å². The smallest absolute Gasteiger partial charge is 0.254 e. The number of halogens is 1. The number of benzene rings is 1. The highest BCUT2D eigenvalue weighted by Gasteiger charge is 2.56. The summed E-state index contributed by atoms with van der Waals surface area (Å²) in [4.78, 5) is 13.8. The van der Waals surface area contributed by atoms with Crippen molar-refractivity contribution in [1.82, 2.24) is 4.90 Å². The van der Waals surface area contributed by atoms with Crippen molar-refractivity contribution >= 4 is 21.8 Å². The number of rotatable bonds is 0. The van der Waals surface area contributed by atoms with Crippen molar-refractivity contribution in [3.05, 3.63) is 33.8 Å². The molecule has 2 nitrogen and oxygen atoms in total. The van der Waals surface area contributed by atoms with Crippen molar-refractivity contribution in [3.63, 3.8) is 0 Å². The minimum Gasteiger partial charge on any atom is -0.332 e. The Morgan fingerprint density at radius 1 is 1.43 bits per heavy atom. The molecule has 3 heteroatoms. The van der Waals surface area contributed by atoms with Gasteiger partial charge in [0.25, 0.3) is 5.91 Å². The Balaban J connectivity index is 2.27. The van der Waals surface area contributed by atoms with E-state index in [2.05, 4.69) is 22.0 Å². The Hall–Kier alpha value is -0.830. The van der Waals surface area contributed by atoms with Gasteiger partial charge in [0, 0.05) is 17.1 Å². The Labute approximate surface area is 91.0 Å². The van der Waals surface area contributed by atoms with Crippen LogP contribution in [0, 0.1) is 0 Å². The number of carbonyl (C=O) groups excluding carboxylic acids is 1. The second-order valence-electron chi connectivity index (χ2n) is 4.09. The van der Waals surface area contributed by atoms with Gasteiger partial charge in [-0.2, -0.15) is 0 Å².